The summed E-state index contributed by atoms with van der Waals surface area (Å²) in [5.74, 6) is 1.96. The molecule has 0 N–H and O–H groups in total. The first kappa shape index (κ1) is 6.42. The molecule has 3 atom stereocenters. The minimum absolute atomic E-state index is 0.418. The van der Waals surface area contributed by atoms with Gasteiger partial charge in [0.2, 0.25) is 0 Å². The lowest BCUT2D eigenvalue weighted by atomic mass is 9.87. The van der Waals surface area contributed by atoms with Gasteiger partial charge in [0.05, 0.1) is 11.2 Å². The monoisotopic (exact) mass is 164 g/mol. The van der Waals surface area contributed by atoms with Gasteiger partial charge in [0, 0.05) is 0 Å². The molecule has 2 bridgehead atoms. The molecule has 66 valence electrons. The standard InChI is InChI=1S/C11H16O/c1-4-10(8-2-3-8)6-9-7-11(9,5-1)12-10/h8-9H,1-7H2. The molecule has 0 aromatic heterocycles. The molecule has 0 aromatic rings. The molecular weight excluding hydrogens is 148 g/mol. The summed E-state index contributed by atoms with van der Waals surface area (Å²) < 4.78 is 6.37. The zero-order valence-corrected chi connectivity index (χ0v) is 7.51. The highest BCUT2D eigenvalue weighted by molar-refractivity contribution is 5.20. The zero-order chi connectivity index (χ0) is 7.81. The molecule has 0 aromatic carbocycles. The Hall–Kier alpha value is -0.0400. The maximum atomic E-state index is 6.37. The molecule has 3 unspecified atom stereocenters. The van der Waals surface area contributed by atoms with Gasteiger partial charge in [-0.2, -0.15) is 0 Å². The fourth-order valence-corrected chi connectivity index (χ4v) is 3.87. The lowest BCUT2D eigenvalue weighted by Crippen LogP contribution is -2.38. The number of hydrogen-bond donors (Lipinski definition) is 0. The molecular formula is C11H16O. The summed E-state index contributed by atoms with van der Waals surface area (Å²) in [6, 6.07) is 0. The summed E-state index contributed by atoms with van der Waals surface area (Å²) in [5.41, 5.74) is 0.863. The smallest absolute Gasteiger partial charge is 0.0724 e. The fourth-order valence-electron chi connectivity index (χ4n) is 3.87. The highest BCUT2D eigenvalue weighted by atomic mass is 16.5. The molecule has 4 rings (SSSR count). The third-order valence-electron chi connectivity index (χ3n) is 4.70. The average molecular weight is 164 g/mol. The van der Waals surface area contributed by atoms with Crippen LogP contribution in [-0.4, -0.2) is 11.2 Å². The van der Waals surface area contributed by atoms with E-state index in [1.165, 1.54) is 44.9 Å². The van der Waals surface area contributed by atoms with Crippen LogP contribution in [0.2, 0.25) is 0 Å². The Balaban J connectivity index is 1.73. The Bertz CT molecular complexity index is 245. The minimum atomic E-state index is 0.418. The lowest BCUT2D eigenvalue weighted by Gasteiger charge is -2.37. The summed E-state index contributed by atoms with van der Waals surface area (Å²) in [5, 5.41) is 0. The Morgan fingerprint density at radius 3 is 2.25 bits per heavy atom. The lowest BCUT2D eigenvalue weighted by molar-refractivity contribution is -0.123. The van der Waals surface area contributed by atoms with Crippen molar-refractivity contribution in [2.75, 3.05) is 0 Å². The second-order valence-electron chi connectivity index (χ2n) is 5.46. The topological polar surface area (TPSA) is 9.23 Å². The van der Waals surface area contributed by atoms with Crippen molar-refractivity contribution < 1.29 is 4.74 Å². The van der Waals surface area contributed by atoms with Gasteiger partial charge >= 0.3 is 0 Å². The van der Waals surface area contributed by atoms with E-state index in [1.807, 2.05) is 0 Å². The van der Waals surface area contributed by atoms with Crippen molar-refractivity contribution in [1.29, 1.82) is 0 Å². The number of hydrogen-bond acceptors (Lipinski definition) is 1. The van der Waals surface area contributed by atoms with Crippen LogP contribution in [0.4, 0.5) is 0 Å². The van der Waals surface area contributed by atoms with Gasteiger partial charge in [0.1, 0.15) is 0 Å². The first-order valence-electron chi connectivity index (χ1n) is 5.53. The van der Waals surface area contributed by atoms with Crippen molar-refractivity contribution in [3.63, 3.8) is 0 Å². The Labute approximate surface area is 73.5 Å². The molecule has 2 aliphatic carbocycles. The second kappa shape index (κ2) is 1.61. The Morgan fingerprint density at radius 1 is 0.917 bits per heavy atom. The molecule has 2 saturated heterocycles. The van der Waals surface area contributed by atoms with Crippen LogP contribution in [0.3, 0.4) is 0 Å². The van der Waals surface area contributed by atoms with Gasteiger partial charge in [0.15, 0.2) is 0 Å². The molecule has 2 saturated carbocycles. The SMILES string of the molecule is C1CC2(C3CC3)CC3CC3(C1)O2. The molecule has 1 spiro atoms. The normalized spacial score (nSPS) is 61.5. The molecule has 0 amide bonds. The van der Waals surface area contributed by atoms with Crippen LogP contribution in [0.5, 0.6) is 0 Å². The van der Waals surface area contributed by atoms with Crippen LogP contribution in [0.25, 0.3) is 0 Å². The maximum absolute atomic E-state index is 6.37. The highest BCUT2D eigenvalue weighted by Crippen LogP contribution is 2.70. The van der Waals surface area contributed by atoms with Crippen LogP contribution in [0.1, 0.15) is 44.9 Å². The molecule has 1 heteroatoms. The van der Waals surface area contributed by atoms with E-state index >= 15 is 0 Å². The predicted molar refractivity (Wildman–Crippen MR) is 45.8 cm³/mol. The molecule has 12 heavy (non-hydrogen) atoms. The second-order valence-corrected chi connectivity index (χ2v) is 5.46. The quantitative estimate of drug-likeness (QED) is 0.578. The first-order chi connectivity index (χ1) is 5.83. The summed E-state index contributed by atoms with van der Waals surface area (Å²) in [4.78, 5) is 0. The largest absolute Gasteiger partial charge is 0.368 e. The van der Waals surface area contributed by atoms with Crippen LogP contribution in [0, 0.1) is 11.8 Å². The molecule has 4 fully saturated rings. The van der Waals surface area contributed by atoms with E-state index in [0.29, 0.717) is 11.2 Å². The predicted octanol–water partition coefficient (Wildman–Crippen LogP) is 2.50. The van der Waals surface area contributed by atoms with Gasteiger partial charge in [-0.1, -0.05) is 0 Å². The van der Waals surface area contributed by atoms with E-state index in [1.54, 1.807) is 0 Å². The molecule has 2 aliphatic heterocycles. The van der Waals surface area contributed by atoms with Crippen LogP contribution in [-0.2, 0) is 4.74 Å². The number of ether oxygens (including phenoxy) is 1. The third-order valence-corrected chi connectivity index (χ3v) is 4.70. The van der Waals surface area contributed by atoms with Crippen molar-refractivity contribution >= 4 is 0 Å². The molecule has 0 radical (unpaired) electrons. The van der Waals surface area contributed by atoms with E-state index in [4.69, 9.17) is 4.74 Å². The first-order valence-corrected chi connectivity index (χ1v) is 5.53. The van der Waals surface area contributed by atoms with Crippen LogP contribution >= 0.6 is 0 Å². The minimum Gasteiger partial charge on any atom is -0.368 e. The molecule has 4 aliphatic rings. The molecule has 2 heterocycles. The van der Waals surface area contributed by atoms with E-state index < -0.39 is 0 Å². The van der Waals surface area contributed by atoms with E-state index in [9.17, 15) is 0 Å². The van der Waals surface area contributed by atoms with Crippen molar-refractivity contribution in [3.05, 3.63) is 0 Å². The Morgan fingerprint density at radius 2 is 1.58 bits per heavy atom. The van der Waals surface area contributed by atoms with Crippen molar-refractivity contribution in [3.8, 4) is 0 Å². The van der Waals surface area contributed by atoms with Gasteiger partial charge in [-0.25, -0.2) is 0 Å². The third kappa shape index (κ3) is 0.585. The van der Waals surface area contributed by atoms with Crippen molar-refractivity contribution in [2.24, 2.45) is 11.8 Å². The zero-order valence-electron chi connectivity index (χ0n) is 7.51. The van der Waals surface area contributed by atoms with E-state index in [0.717, 1.165) is 11.8 Å². The molecule has 1 nitrogen and oxygen atoms in total. The number of rotatable bonds is 1. The Kier molecular flexibility index (Phi) is 0.863. The summed E-state index contributed by atoms with van der Waals surface area (Å²) in [7, 11) is 0. The van der Waals surface area contributed by atoms with Gasteiger partial charge < -0.3 is 4.74 Å². The van der Waals surface area contributed by atoms with Gasteiger partial charge in [0.25, 0.3) is 0 Å². The van der Waals surface area contributed by atoms with Crippen molar-refractivity contribution in [2.45, 2.75) is 56.1 Å². The maximum Gasteiger partial charge on any atom is 0.0724 e. The van der Waals surface area contributed by atoms with Crippen LogP contribution in [0.15, 0.2) is 0 Å². The number of fused-ring (bicyclic) bond motifs is 1. The van der Waals surface area contributed by atoms with Gasteiger partial charge in [-0.3, -0.25) is 0 Å². The van der Waals surface area contributed by atoms with Crippen LogP contribution < -0.4 is 0 Å². The highest BCUT2D eigenvalue weighted by Gasteiger charge is 2.70. The summed E-state index contributed by atoms with van der Waals surface area (Å²) >= 11 is 0. The average Bonchev–Trinajstić information content (AvgIpc) is 2.89. The van der Waals surface area contributed by atoms with Crippen molar-refractivity contribution in [1.82, 2.24) is 0 Å². The van der Waals surface area contributed by atoms with E-state index in [2.05, 4.69) is 0 Å². The van der Waals surface area contributed by atoms with E-state index in [-0.39, 0.29) is 0 Å². The van der Waals surface area contributed by atoms with Gasteiger partial charge in [-0.05, 0) is 56.8 Å². The summed E-state index contributed by atoms with van der Waals surface area (Å²) in [6.07, 6.45) is 9.97. The summed E-state index contributed by atoms with van der Waals surface area (Å²) in [6.45, 7) is 0. The van der Waals surface area contributed by atoms with Gasteiger partial charge in [-0.15, -0.1) is 0 Å². The fraction of sp³-hybridized carbons (Fsp3) is 1.00.